The zero-order chi connectivity index (χ0) is 41.7. The summed E-state index contributed by atoms with van der Waals surface area (Å²) in [4.78, 5) is 22.0. The molecule has 0 aliphatic heterocycles. The average molecular weight is 829 g/mol. The Hall–Kier alpha value is -3.80. The second-order valence-corrected chi connectivity index (χ2v) is 13.0. The Morgan fingerprint density at radius 2 is 0.644 bits per heavy atom. The molecule has 0 unspecified atom stereocenters. The Morgan fingerprint density at radius 1 is 0.373 bits per heavy atom. The Kier molecular flexibility index (Phi) is 28.5. The zero-order valence-electron chi connectivity index (χ0n) is 34.4. The van der Waals surface area contributed by atoms with E-state index >= 15 is 0 Å². The topological polar surface area (TPSA) is 156 Å². The lowest BCUT2D eigenvalue weighted by atomic mass is 9.80. The van der Waals surface area contributed by atoms with Crippen molar-refractivity contribution in [3.05, 3.63) is 108 Å². The summed E-state index contributed by atoms with van der Waals surface area (Å²) < 4.78 is 61.6. The number of carboxylic acid groups (broad SMARTS) is 1. The first-order chi connectivity index (χ1) is 29.1. The summed E-state index contributed by atoms with van der Waals surface area (Å²) >= 11 is 0. The van der Waals surface area contributed by atoms with Crippen LogP contribution in [0.2, 0.25) is 0 Å². The van der Waals surface area contributed by atoms with Gasteiger partial charge in [0.1, 0.15) is 12.2 Å². The van der Waals surface area contributed by atoms with Gasteiger partial charge in [0.2, 0.25) is 0 Å². The number of aliphatic carboxylic acids is 1. The van der Waals surface area contributed by atoms with E-state index < -0.39 is 11.6 Å². The molecular formula is C45H64O14. The number of esters is 1. The van der Waals surface area contributed by atoms with Crippen LogP contribution in [0.1, 0.15) is 42.4 Å². The summed E-state index contributed by atoms with van der Waals surface area (Å²) in [6, 6.07) is 30.9. The zero-order valence-corrected chi connectivity index (χ0v) is 34.4. The van der Waals surface area contributed by atoms with Gasteiger partial charge in [0.05, 0.1) is 126 Å². The van der Waals surface area contributed by atoms with Gasteiger partial charge in [0, 0.05) is 12.8 Å². The van der Waals surface area contributed by atoms with Crippen molar-refractivity contribution in [1.82, 2.24) is 0 Å². The van der Waals surface area contributed by atoms with Gasteiger partial charge in [-0.3, -0.25) is 9.59 Å². The Bertz CT molecular complexity index is 1330. The van der Waals surface area contributed by atoms with Gasteiger partial charge in [-0.05, 0) is 29.5 Å². The molecule has 328 valence electrons. The molecule has 14 nitrogen and oxygen atoms in total. The van der Waals surface area contributed by atoms with Crippen LogP contribution in [0, 0.1) is 0 Å². The molecule has 0 aliphatic rings. The molecule has 3 aromatic carbocycles. The molecule has 14 heteroatoms. The van der Waals surface area contributed by atoms with Crippen molar-refractivity contribution in [2.75, 3.05) is 132 Å². The fourth-order valence-corrected chi connectivity index (χ4v) is 5.72. The van der Waals surface area contributed by atoms with Crippen molar-refractivity contribution in [1.29, 1.82) is 0 Å². The van der Waals surface area contributed by atoms with Gasteiger partial charge in [-0.15, -0.1) is 0 Å². The smallest absolute Gasteiger partial charge is 0.305 e. The second kappa shape index (κ2) is 34.0. The van der Waals surface area contributed by atoms with E-state index in [1.165, 1.54) is 0 Å². The van der Waals surface area contributed by atoms with Crippen molar-refractivity contribution in [2.24, 2.45) is 0 Å². The average Bonchev–Trinajstić information content (AvgIpc) is 3.26. The minimum atomic E-state index is -0.864. The molecule has 0 atom stereocenters. The highest BCUT2D eigenvalue weighted by Crippen LogP contribution is 2.40. The van der Waals surface area contributed by atoms with Crippen LogP contribution < -0.4 is 0 Å². The summed E-state index contributed by atoms with van der Waals surface area (Å²) in [5.74, 6) is -1.21. The number of benzene rings is 3. The maximum atomic E-state index is 11.5. The van der Waals surface area contributed by atoms with Crippen molar-refractivity contribution in [3.8, 4) is 0 Å². The first-order valence-corrected chi connectivity index (χ1v) is 20.5. The molecule has 0 amide bonds. The molecule has 59 heavy (non-hydrogen) atoms. The van der Waals surface area contributed by atoms with E-state index in [0.717, 1.165) is 16.7 Å². The lowest BCUT2D eigenvalue weighted by Gasteiger charge is -2.36. The largest absolute Gasteiger partial charge is 0.481 e. The van der Waals surface area contributed by atoms with Crippen LogP contribution in [0.4, 0.5) is 0 Å². The maximum absolute atomic E-state index is 11.5. The monoisotopic (exact) mass is 828 g/mol. The van der Waals surface area contributed by atoms with Gasteiger partial charge in [-0.2, -0.15) is 0 Å². The Morgan fingerprint density at radius 3 is 0.949 bits per heavy atom. The third-order valence-corrected chi connectivity index (χ3v) is 8.58. The minimum absolute atomic E-state index is 0.0573. The highest BCUT2D eigenvalue weighted by molar-refractivity contribution is 5.69. The van der Waals surface area contributed by atoms with Crippen LogP contribution in [0.15, 0.2) is 91.0 Å². The molecule has 0 aliphatic carbocycles. The van der Waals surface area contributed by atoms with E-state index in [0.29, 0.717) is 132 Å². The normalized spacial score (nSPS) is 11.5. The highest BCUT2D eigenvalue weighted by atomic mass is 16.6. The molecule has 0 fully saturated rings. The van der Waals surface area contributed by atoms with Gasteiger partial charge in [0.25, 0.3) is 0 Å². The summed E-state index contributed by atoms with van der Waals surface area (Å²) in [7, 11) is 0. The second-order valence-electron chi connectivity index (χ2n) is 13.0. The number of rotatable bonds is 39. The third kappa shape index (κ3) is 23.0. The predicted octanol–water partition coefficient (Wildman–Crippen LogP) is 5.33. The fourth-order valence-electron chi connectivity index (χ4n) is 5.72. The lowest BCUT2D eigenvalue weighted by molar-refractivity contribution is -0.146. The fraction of sp³-hybridized carbons (Fsp3) is 0.556. The Labute approximate surface area is 349 Å². The first kappa shape index (κ1) is 49.6. The molecule has 3 rings (SSSR count). The van der Waals surface area contributed by atoms with Gasteiger partial charge in [0.15, 0.2) is 0 Å². The molecule has 0 aromatic heterocycles. The molecule has 3 aromatic rings. The summed E-state index contributed by atoms with van der Waals surface area (Å²) in [5, 5.41) is 8.58. The number of hydrogen-bond donors (Lipinski definition) is 1. The molecular weight excluding hydrogens is 764 g/mol. The number of unbranched alkanes of at least 4 members (excludes halogenated alkanes) is 1. The van der Waals surface area contributed by atoms with Crippen molar-refractivity contribution < 1.29 is 66.8 Å². The van der Waals surface area contributed by atoms with E-state index in [1.54, 1.807) is 0 Å². The number of ether oxygens (including phenoxy) is 11. The van der Waals surface area contributed by atoms with Crippen LogP contribution in [0.5, 0.6) is 0 Å². The van der Waals surface area contributed by atoms with Gasteiger partial charge < -0.3 is 57.2 Å². The first-order valence-electron chi connectivity index (χ1n) is 20.5. The maximum Gasteiger partial charge on any atom is 0.305 e. The molecule has 0 saturated carbocycles. The standard InChI is InChI=1S/C45H64O14/c46-43(47)18-10-11-19-44(48)58-38-36-56-34-32-54-30-28-52-26-24-50-22-20-49-21-23-51-25-27-53-29-31-55-33-35-57-37-39-59-45(40-12-4-1-5-13-40,41-14-6-2-7-15-41)42-16-8-3-9-17-42/h1-9,12-17H,10-11,18-39H2,(H,46,47). The van der Waals surface area contributed by atoms with E-state index in [2.05, 4.69) is 36.4 Å². The minimum Gasteiger partial charge on any atom is -0.481 e. The van der Waals surface area contributed by atoms with Gasteiger partial charge in [-0.1, -0.05) is 91.0 Å². The van der Waals surface area contributed by atoms with Crippen LogP contribution in [0.25, 0.3) is 0 Å². The molecule has 0 spiro atoms. The summed E-state index contributed by atoms with van der Waals surface area (Å²) in [6.45, 7) is 8.59. The summed E-state index contributed by atoms with van der Waals surface area (Å²) in [5.41, 5.74) is 2.41. The third-order valence-electron chi connectivity index (χ3n) is 8.58. The van der Waals surface area contributed by atoms with Crippen LogP contribution in [-0.2, 0) is 67.3 Å². The van der Waals surface area contributed by atoms with Gasteiger partial charge >= 0.3 is 11.9 Å². The van der Waals surface area contributed by atoms with Crippen LogP contribution in [-0.4, -0.2) is 149 Å². The van der Waals surface area contributed by atoms with Crippen molar-refractivity contribution in [2.45, 2.75) is 31.3 Å². The van der Waals surface area contributed by atoms with E-state index in [1.807, 2.05) is 54.6 Å². The number of carboxylic acids is 1. The van der Waals surface area contributed by atoms with E-state index in [9.17, 15) is 9.59 Å². The van der Waals surface area contributed by atoms with E-state index in [-0.39, 0.29) is 32.0 Å². The molecule has 0 saturated heterocycles. The lowest BCUT2D eigenvalue weighted by Crippen LogP contribution is -2.34. The number of hydrogen-bond acceptors (Lipinski definition) is 13. The molecule has 0 heterocycles. The van der Waals surface area contributed by atoms with E-state index in [4.69, 9.17) is 57.2 Å². The quantitative estimate of drug-likeness (QED) is 0.0447. The number of carbonyl (C=O) groups is 2. The summed E-state index contributed by atoms with van der Waals surface area (Å²) in [6.07, 6.45) is 1.22. The van der Waals surface area contributed by atoms with Gasteiger partial charge in [-0.25, -0.2) is 0 Å². The molecule has 0 bridgehead atoms. The molecule has 0 radical (unpaired) electrons. The van der Waals surface area contributed by atoms with Crippen molar-refractivity contribution >= 4 is 11.9 Å². The Balaban J connectivity index is 1.03. The molecule has 1 N–H and O–H groups in total. The predicted molar refractivity (Wildman–Crippen MR) is 220 cm³/mol. The van der Waals surface area contributed by atoms with Crippen LogP contribution >= 0.6 is 0 Å². The highest BCUT2D eigenvalue weighted by Gasteiger charge is 2.37. The number of carbonyl (C=O) groups excluding carboxylic acids is 1. The SMILES string of the molecule is O=C(O)CCCCC(=O)OCCOCCOCCOCCOCCOCCOCCOCCOCCOCCOC(c1ccccc1)(c1ccccc1)c1ccccc1. The van der Waals surface area contributed by atoms with Crippen molar-refractivity contribution in [3.63, 3.8) is 0 Å². The van der Waals surface area contributed by atoms with Crippen LogP contribution in [0.3, 0.4) is 0 Å².